The molecular formula is C18H24N4OS. The molecule has 1 atom stereocenters. The van der Waals surface area contributed by atoms with Crippen LogP contribution in [0, 0.1) is 0 Å². The number of carbonyl (C=O) groups is 1. The first-order valence-corrected chi connectivity index (χ1v) is 9.31. The highest BCUT2D eigenvalue weighted by Gasteiger charge is 2.26. The van der Waals surface area contributed by atoms with Gasteiger partial charge < -0.3 is 5.73 Å². The fourth-order valence-corrected chi connectivity index (χ4v) is 4.01. The van der Waals surface area contributed by atoms with E-state index < -0.39 is 0 Å². The van der Waals surface area contributed by atoms with Crippen molar-refractivity contribution in [1.82, 2.24) is 14.8 Å². The lowest BCUT2D eigenvalue weighted by atomic mass is 10.1. The van der Waals surface area contributed by atoms with Crippen LogP contribution in [0.4, 0.5) is 0 Å². The van der Waals surface area contributed by atoms with Gasteiger partial charge in [0.1, 0.15) is 5.01 Å². The molecule has 1 aliphatic rings. The van der Waals surface area contributed by atoms with Gasteiger partial charge in [-0.2, -0.15) is 0 Å². The fourth-order valence-electron chi connectivity index (χ4n) is 3.19. The second kappa shape index (κ2) is 7.88. The van der Waals surface area contributed by atoms with Crippen molar-refractivity contribution < 1.29 is 4.79 Å². The summed E-state index contributed by atoms with van der Waals surface area (Å²) in [4.78, 5) is 20.9. The monoisotopic (exact) mass is 344 g/mol. The van der Waals surface area contributed by atoms with Crippen LogP contribution in [0.1, 0.15) is 19.0 Å². The van der Waals surface area contributed by atoms with E-state index in [0.717, 1.165) is 49.8 Å². The molecule has 1 saturated heterocycles. The Hall–Kier alpha value is -1.76. The minimum Gasteiger partial charge on any atom is -0.368 e. The third-order valence-corrected chi connectivity index (χ3v) is 5.46. The maximum Gasteiger partial charge on any atom is 0.234 e. The van der Waals surface area contributed by atoms with E-state index in [1.165, 1.54) is 5.56 Å². The smallest absolute Gasteiger partial charge is 0.234 e. The van der Waals surface area contributed by atoms with Gasteiger partial charge in [-0.3, -0.25) is 14.6 Å². The molecule has 0 radical (unpaired) electrons. The average Bonchev–Trinajstić information content (AvgIpc) is 3.06. The predicted octanol–water partition coefficient (Wildman–Crippen LogP) is 2.19. The van der Waals surface area contributed by atoms with Crippen LogP contribution in [0.25, 0.3) is 10.6 Å². The van der Waals surface area contributed by atoms with Crippen molar-refractivity contribution >= 4 is 17.2 Å². The van der Waals surface area contributed by atoms with Gasteiger partial charge in [0.05, 0.1) is 11.7 Å². The van der Waals surface area contributed by atoms with Gasteiger partial charge in [0.15, 0.2) is 0 Å². The Morgan fingerprint density at radius 1 is 1.25 bits per heavy atom. The quantitative estimate of drug-likeness (QED) is 0.872. The summed E-state index contributed by atoms with van der Waals surface area (Å²) in [7, 11) is 0. The standard InChI is InChI=1S/C18H24N4OS/c1-2-16(17(19)23)22-10-8-21(9-11-22)12-15-13-24-18(20-15)14-6-4-3-5-7-14/h3-7,13,16H,2,8-12H2,1H3,(H2,19,23)/t16-/m0/s1. The minimum absolute atomic E-state index is 0.129. The van der Waals surface area contributed by atoms with E-state index in [0.29, 0.717) is 0 Å². The number of piperazine rings is 1. The summed E-state index contributed by atoms with van der Waals surface area (Å²) in [6.07, 6.45) is 0.780. The number of benzene rings is 1. The molecule has 2 N–H and O–H groups in total. The SMILES string of the molecule is CC[C@@H](C(N)=O)N1CCN(Cc2csc(-c3ccccc3)n2)CC1. The highest BCUT2D eigenvalue weighted by Crippen LogP contribution is 2.24. The summed E-state index contributed by atoms with van der Waals surface area (Å²) in [6, 6.07) is 10.2. The van der Waals surface area contributed by atoms with Crippen molar-refractivity contribution in [2.45, 2.75) is 25.9 Å². The van der Waals surface area contributed by atoms with Gasteiger partial charge in [0, 0.05) is 43.7 Å². The lowest BCUT2D eigenvalue weighted by Gasteiger charge is -2.37. The van der Waals surface area contributed by atoms with Gasteiger partial charge in [-0.05, 0) is 6.42 Å². The number of hydrogen-bond acceptors (Lipinski definition) is 5. The molecule has 24 heavy (non-hydrogen) atoms. The van der Waals surface area contributed by atoms with Crippen LogP contribution in [-0.4, -0.2) is 52.9 Å². The van der Waals surface area contributed by atoms with Crippen LogP contribution in [0.5, 0.6) is 0 Å². The molecule has 1 amide bonds. The number of nitrogens with zero attached hydrogens (tertiary/aromatic N) is 3. The van der Waals surface area contributed by atoms with Crippen molar-refractivity contribution in [3.8, 4) is 10.6 Å². The number of thiazole rings is 1. The summed E-state index contributed by atoms with van der Waals surface area (Å²) < 4.78 is 0. The van der Waals surface area contributed by atoms with Gasteiger partial charge in [-0.15, -0.1) is 11.3 Å². The van der Waals surface area contributed by atoms with Gasteiger partial charge in [-0.1, -0.05) is 37.3 Å². The van der Waals surface area contributed by atoms with Gasteiger partial charge in [0.2, 0.25) is 5.91 Å². The van der Waals surface area contributed by atoms with Crippen molar-refractivity contribution in [3.05, 3.63) is 41.4 Å². The molecule has 2 aromatic rings. The van der Waals surface area contributed by atoms with E-state index in [4.69, 9.17) is 10.7 Å². The second-order valence-electron chi connectivity index (χ2n) is 6.15. The largest absolute Gasteiger partial charge is 0.368 e. The van der Waals surface area contributed by atoms with Crippen molar-refractivity contribution in [1.29, 1.82) is 0 Å². The van der Waals surface area contributed by atoms with E-state index in [1.54, 1.807) is 11.3 Å². The molecular weight excluding hydrogens is 320 g/mol. The first-order valence-electron chi connectivity index (χ1n) is 8.43. The molecule has 0 unspecified atom stereocenters. The van der Waals surface area contributed by atoms with Crippen LogP contribution in [0.15, 0.2) is 35.7 Å². The highest BCUT2D eigenvalue weighted by atomic mass is 32.1. The van der Waals surface area contributed by atoms with E-state index in [-0.39, 0.29) is 11.9 Å². The lowest BCUT2D eigenvalue weighted by molar-refractivity contribution is -0.124. The third kappa shape index (κ3) is 4.01. The van der Waals surface area contributed by atoms with Crippen molar-refractivity contribution in [3.63, 3.8) is 0 Å². The molecule has 0 aliphatic carbocycles. The number of rotatable bonds is 6. The van der Waals surface area contributed by atoms with Crippen molar-refractivity contribution in [2.24, 2.45) is 5.73 Å². The molecule has 1 aliphatic heterocycles. The zero-order chi connectivity index (χ0) is 16.9. The molecule has 6 heteroatoms. The van der Waals surface area contributed by atoms with E-state index in [1.807, 2.05) is 25.1 Å². The molecule has 5 nitrogen and oxygen atoms in total. The normalized spacial score (nSPS) is 17.7. The number of amides is 1. The van der Waals surface area contributed by atoms with Crippen LogP contribution < -0.4 is 5.73 Å². The maximum absolute atomic E-state index is 11.5. The summed E-state index contributed by atoms with van der Waals surface area (Å²) in [5, 5.41) is 3.22. The van der Waals surface area contributed by atoms with Gasteiger partial charge >= 0.3 is 0 Å². The number of carbonyl (C=O) groups excluding carboxylic acids is 1. The van der Waals surface area contributed by atoms with Gasteiger partial charge in [-0.25, -0.2) is 4.98 Å². The summed E-state index contributed by atoms with van der Waals surface area (Å²) in [5.41, 5.74) is 7.78. The molecule has 2 heterocycles. The van der Waals surface area contributed by atoms with E-state index >= 15 is 0 Å². The molecule has 3 rings (SSSR count). The minimum atomic E-state index is -0.210. The first kappa shape index (κ1) is 17.1. The maximum atomic E-state index is 11.5. The van der Waals surface area contributed by atoms with E-state index in [2.05, 4.69) is 27.3 Å². The number of primary amides is 1. The molecule has 0 bridgehead atoms. The van der Waals surface area contributed by atoms with Gasteiger partial charge in [0.25, 0.3) is 0 Å². The van der Waals surface area contributed by atoms with Crippen molar-refractivity contribution in [2.75, 3.05) is 26.2 Å². The van der Waals surface area contributed by atoms with Crippen LogP contribution in [0.3, 0.4) is 0 Å². The Labute approximate surface area is 147 Å². The molecule has 1 aromatic carbocycles. The average molecular weight is 344 g/mol. The Morgan fingerprint density at radius 2 is 1.96 bits per heavy atom. The molecule has 0 spiro atoms. The Morgan fingerprint density at radius 3 is 2.58 bits per heavy atom. The molecule has 1 fully saturated rings. The predicted molar refractivity (Wildman–Crippen MR) is 97.7 cm³/mol. The second-order valence-corrected chi connectivity index (χ2v) is 7.01. The summed E-state index contributed by atoms with van der Waals surface area (Å²) in [6.45, 7) is 6.55. The number of nitrogens with two attached hydrogens (primary N) is 1. The number of aromatic nitrogens is 1. The summed E-state index contributed by atoms with van der Waals surface area (Å²) >= 11 is 1.69. The molecule has 128 valence electrons. The topological polar surface area (TPSA) is 62.5 Å². The van der Waals surface area contributed by atoms with E-state index in [9.17, 15) is 4.79 Å². The molecule has 1 aromatic heterocycles. The Kier molecular flexibility index (Phi) is 5.60. The lowest BCUT2D eigenvalue weighted by Crippen LogP contribution is -2.53. The van der Waals surface area contributed by atoms with Crippen LogP contribution in [-0.2, 0) is 11.3 Å². The fraction of sp³-hybridized carbons (Fsp3) is 0.444. The summed E-state index contributed by atoms with van der Waals surface area (Å²) in [5.74, 6) is -0.210. The number of hydrogen-bond donors (Lipinski definition) is 1. The third-order valence-electron chi connectivity index (χ3n) is 4.52. The highest BCUT2D eigenvalue weighted by molar-refractivity contribution is 7.13. The van der Waals surface area contributed by atoms with Crippen LogP contribution >= 0.6 is 11.3 Å². The first-order chi connectivity index (χ1) is 11.7. The zero-order valence-corrected chi connectivity index (χ0v) is 14.8. The Bertz CT molecular complexity index is 665. The zero-order valence-electron chi connectivity index (χ0n) is 14.0. The van der Waals surface area contributed by atoms with Crippen LogP contribution in [0.2, 0.25) is 0 Å². The molecule has 0 saturated carbocycles. The Balaban J connectivity index is 1.55.